The smallest absolute Gasteiger partial charge is 0.181 e. The summed E-state index contributed by atoms with van der Waals surface area (Å²) in [5.41, 5.74) is 0.988. The zero-order valence-electron chi connectivity index (χ0n) is 9.10. The van der Waals surface area contributed by atoms with Crippen molar-refractivity contribution in [3.8, 4) is 17.1 Å². The Balaban J connectivity index is 1.93. The molecule has 2 aromatic rings. The number of nitrogens with zero attached hydrogens (tertiary/aromatic N) is 2. The van der Waals surface area contributed by atoms with Crippen LogP contribution >= 0.6 is 0 Å². The quantitative estimate of drug-likeness (QED) is 0.855. The van der Waals surface area contributed by atoms with Gasteiger partial charge in [-0.2, -0.15) is 5.10 Å². The molecule has 0 aliphatic heterocycles. The summed E-state index contributed by atoms with van der Waals surface area (Å²) in [5.74, 6) is 3.20. The van der Waals surface area contributed by atoms with Gasteiger partial charge in [-0.25, -0.2) is 4.98 Å². The average Bonchev–Trinajstić information content (AvgIpc) is 3.07. The van der Waals surface area contributed by atoms with Gasteiger partial charge < -0.3 is 4.74 Å². The SMILES string of the molecule is COc1cccc(-c2n[nH]c(C3CC3)n2)c1. The van der Waals surface area contributed by atoms with Gasteiger partial charge in [-0.3, -0.25) is 5.10 Å². The van der Waals surface area contributed by atoms with E-state index in [1.807, 2.05) is 24.3 Å². The second-order valence-electron chi connectivity index (χ2n) is 4.05. The first-order valence-corrected chi connectivity index (χ1v) is 5.43. The molecule has 1 aliphatic carbocycles. The van der Waals surface area contributed by atoms with Crippen LogP contribution in [-0.2, 0) is 0 Å². The van der Waals surface area contributed by atoms with Crippen molar-refractivity contribution in [1.29, 1.82) is 0 Å². The Hall–Kier alpha value is -1.84. The maximum Gasteiger partial charge on any atom is 0.181 e. The first-order valence-electron chi connectivity index (χ1n) is 5.43. The summed E-state index contributed by atoms with van der Waals surface area (Å²) in [6, 6.07) is 7.79. The van der Waals surface area contributed by atoms with E-state index in [1.54, 1.807) is 7.11 Å². The minimum Gasteiger partial charge on any atom is -0.497 e. The molecule has 1 N–H and O–H groups in total. The summed E-state index contributed by atoms with van der Waals surface area (Å²) in [5, 5.41) is 7.23. The highest BCUT2D eigenvalue weighted by Gasteiger charge is 2.27. The number of hydrogen-bond donors (Lipinski definition) is 1. The molecule has 1 aromatic carbocycles. The van der Waals surface area contributed by atoms with Crippen LogP contribution in [0.2, 0.25) is 0 Å². The van der Waals surface area contributed by atoms with E-state index in [2.05, 4.69) is 15.2 Å². The zero-order valence-corrected chi connectivity index (χ0v) is 9.10. The van der Waals surface area contributed by atoms with Crippen molar-refractivity contribution in [1.82, 2.24) is 15.2 Å². The minimum atomic E-state index is 0.604. The third-order valence-corrected chi connectivity index (χ3v) is 2.79. The fourth-order valence-electron chi connectivity index (χ4n) is 1.70. The van der Waals surface area contributed by atoms with Gasteiger partial charge in [0.15, 0.2) is 5.82 Å². The maximum absolute atomic E-state index is 5.18. The van der Waals surface area contributed by atoms with Crippen molar-refractivity contribution in [3.63, 3.8) is 0 Å². The van der Waals surface area contributed by atoms with Gasteiger partial charge in [0, 0.05) is 11.5 Å². The number of methoxy groups -OCH3 is 1. The summed E-state index contributed by atoms with van der Waals surface area (Å²) in [6.45, 7) is 0. The highest BCUT2D eigenvalue weighted by molar-refractivity contribution is 5.57. The first-order chi connectivity index (χ1) is 7.86. The fraction of sp³-hybridized carbons (Fsp3) is 0.333. The van der Waals surface area contributed by atoms with Gasteiger partial charge in [0.2, 0.25) is 0 Å². The summed E-state index contributed by atoms with van der Waals surface area (Å²) < 4.78 is 5.18. The third kappa shape index (κ3) is 1.66. The van der Waals surface area contributed by atoms with Gasteiger partial charge in [-0.15, -0.1) is 0 Å². The molecule has 0 bridgehead atoms. The molecule has 0 radical (unpaired) electrons. The maximum atomic E-state index is 5.18. The number of nitrogens with one attached hydrogen (secondary N) is 1. The van der Waals surface area contributed by atoms with Gasteiger partial charge in [0.1, 0.15) is 11.6 Å². The summed E-state index contributed by atoms with van der Waals surface area (Å²) in [7, 11) is 1.66. The lowest BCUT2D eigenvalue weighted by atomic mass is 10.2. The monoisotopic (exact) mass is 215 g/mol. The Bertz CT molecular complexity index is 502. The van der Waals surface area contributed by atoms with Gasteiger partial charge >= 0.3 is 0 Å². The van der Waals surface area contributed by atoms with Crippen LogP contribution in [0.25, 0.3) is 11.4 Å². The van der Waals surface area contributed by atoms with Gasteiger partial charge in [-0.1, -0.05) is 12.1 Å². The summed E-state index contributed by atoms with van der Waals surface area (Å²) in [6.07, 6.45) is 2.46. The largest absolute Gasteiger partial charge is 0.497 e. The van der Waals surface area contributed by atoms with Crippen molar-refractivity contribution in [2.45, 2.75) is 18.8 Å². The standard InChI is InChI=1S/C12H13N3O/c1-16-10-4-2-3-9(7-10)12-13-11(14-15-12)8-5-6-8/h2-4,7-8H,5-6H2,1H3,(H,13,14,15). The number of rotatable bonds is 3. The molecule has 1 aromatic heterocycles. The Morgan fingerprint density at radius 2 is 2.25 bits per heavy atom. The molecule has 0 unspecified atom stereocenters. The van der Waals surface area contributed by atoms with Crippen LogP contribution in [0.3, 0.4) is 0 Å². The molecule has 16 heavy (non-hydrogen) atoms. The normalized spacial score (nSPS) is 15.1. The Morgan fingerprint density at radius 3 is 3.00 bits per heavy atom. The van der Waals surface area contributed by atoms with Gasteiger partial charge in [0.05, 0.1) is 7.11 Å². The van der Waals surface area contributed by atoms with Crippen molar-refractivity contribution >= 4 is 0 Å². The van der Waals surface area contributed by atoms with E-state index in [0.29, 0.717) is 5.92 Å². The number of H-pyrrole nitrogens is 1. The van der Waals surface area contributed by atoms with Gasteiger partial charge in [-0.05, 0) is 25.0 Å². The Morgan fingerprint density at radius 1 is 1.38 bits per heavy atom. The number of ether oxygens (including phenoxy) is 1. The first kappa shape index (κ1) is 9.39. The van der Waals surface area contributed by atoms with E-state index >= 15 is 0 Å². The molecule has 0 saturated heterocycles. The lowest BCUT2D eigenvalue weighted by molar-refractivity contribution is 0.415. The topological polar surface area (TPSA) is 50.8 Å². The second-order valence-corrected chi connectivity index (χ2v) is 4.05. The van der Waals surface area contributed by atoms with Crippen LogP contribution in [0.1, 0.15) is 24.6 Å². The molecule has 0 atom stereocenters. The molecular formula is C12H13N3O. The summed E-state index contributed by atoms with van der Waals surface area (Å²) in [4.78, 5) is 4.50. The summed E-state index contributed by atoms with van der Waals surface area (Å²) >= 11 is 0. The second kappa shape index (κ2) is 3.63. The van der Waals surface area contributed by atoms with E-state index in [0.717, 1.165) is 23.0 Å². The van der Waals surface area contributed by atoms with Crippen molar-refractivity contribution in [3.05, 3.63) is 30.1 Å². The van der Waals surface area contributed by atoms with Crippen LogP contribution in [0, 0.1) is 0 Å². The minimum absolute atomic E-state index is 0.604. The number of hydrogen-bond acceptors (Lipinski definition) is 3. The number of aromatic amines is 1. The van der Waals surface area contributed by atoms with Crippen LogP contribution in [0.4, 0.5) is 0 Å². The van der Waals surface area contributed by atoms with E-state index < -0.39 is 0 Å². The zero-order chi connectivity index (χ0) is 11.0. The Labute approximate surface area is 93.7 Å². The molecular weight excluding hydrogens is 202 g/mol. The lowest BCUT2D eigenvalue weighted by Crippen LogP contribution is -1.85. The highest BCUT2D eigenvalue weighted by Crippen LogP contribution is 2.38. The van der Waals surface area contributed by atoms with Crippen molar-refractivity contribution in [2.75, 3.05) is 7.11 Å². The van der Waals surface area contributed by atoms with Crippen LogP contribution in [0.15, 0.2) is 24.3 Å². The van der Waals surface area contributed by atoms with Crippen molar-refractivity contribution < 1.29 is 4.74 Å². The average molecular weight is 215 g/mol. The molecule has 1 heterocycles. The number of benzene rings is 1. The third-order valence-electron chi connectivity index (χ3n) is 2.79. The predicted octanol–water partition coefficient (Wildman–Crippen LogP) is 2.36. The molecule has 3 rings (SSSR count). The number of aromatic nitrogens is 3. The predicted molar refractivity (Wildman–Crippen MR) is 60.3 cm³/mol. The Kier molecular flexibility index (Phi) is 2.13. The highest BCUT2D eigenvalue weighted by atomic mass is 16.5. The molecule has 0 spiro atoms. The fourth-order valence-corrected chi connectivity index (χ4v) is 1.70. The molecule has 4 heteroatoms. The lowest BCUT2D eigenvalue weighted by Gasteiger charge is -2.00. The van der Waals surface area contributed by atoms with Crippen LogP contribution in [-0.4, -0.2) is 22.3 Å². The molecule has 1 fully saturated rings. The van der Waals surface area contributed by atoms with Crippen molar-refractivity contribution in [2.24, 2.45) is 0 Å². The molecule has 4 nitrogen and oxygen atoms in total. The van der Waals surface area contributed by atoms with E-state index in [4.69, 9.17) is 4.74 Å². The van der Waals surface area contributed by atoms with Gasteiger partial charge in [0.25, 0.3) is 0 Å². The van der Waals surface area contributed by atoms with Crippen LogP contribution in [0.5, 0.6) is 5.75 Å². The molecule has 0 amide bonds. The molecule has 82 valence electrons. The molecule has 1 saturated carbocycles. The van der Waals surface area contributed by atoms with E-state index in [1.165, 1.54) is 12.8 Å². The van der Waals surface area contributed by atoms with E-state index in [9.17, 15) is 0 Å². The molecule has 1 aliphatic rings. The van der Waals surface area contributed by atoms with E-state index in [-0.39, 0.29) is 0 Å². The van der Waals surface area contributed by atoms with Crippen LogP contribution < -0.4 is 4.74 Å².